The zero-order valence-corrected chi connectivity index (χ0v) is 16.2. The Bertz CT molecular complexity index is 558. The maximum absolute atomic E-state index is 12.9. The highest BCUT2D eigenvalue weighted by atomic mass is 35.6. The van der Waals surface area contributed by atoms with Crippen molar-refractivity contribution in [3.8, 4) is 0 Å². The lowest BCUT2D eigenvalue weighted by Gasteiger charge is -2.32. The van der Waals surface area contributed by atoms with Crippen LogP contribution in [0.25, 0.3) is 0 Å². The molecule has 1 N–H and O–H groups in total. The molecule has 1 heterocycles. The predicted molar refractivity (Wildman–Crippen MR) is 89.3 cm³/mol. The van der Waals surface area contributed by atoms with Gasteiger partial charge in [-0.05, 0) is 12.0 Å². The second kappa shape index (κ2) is 7.00. The number of nitrogens with zero attached hydrogens (tertiary/aromatic N) is 1. The lowest BCUT2D eigenvalue weighted by atomic mass is 9.88. The monoisotopic (exact) mass is 425 g/mol. The lowest BCUT2D eigenvalue weighted by molar-refractivity contribution is -0.130. The average molecular weight is 427 g/mol. The topological polar surface area (TPSA) is 76.1 Å². The lowest BCUT2D eigenvalue weighted by Crippen LogP contribution is -2.43. The fourth-order valence-corrected chi connectivity index (χ4v) is 5.29. The van der Waals surface area contributed by atoms with Gasteiger partial charge < -0.3 is 19.1 Å². The first-order chi connectivity index (χ1) is 10.5. The van der Waals surface area contributed by atoms with E-state index >= 15 is 0 Å². The van der Waals surface area contributed by atoms with Crippen LogP contribution in [0.4, 0.5) is 0 Å². The van der Waals surface area contributed by atoms with E-state index in [1.807, 2.05) is 0 Å². The van der Waals surface area contributed by atoms with E-state index in [0.29, 0.717) is 12.0 Å². The number of aliphatic hydroxyl groups is 1. The summed E-state index contributed by atoms with van der Waals surface area (Å²) in [5.41, 5.74) is 0.588. The van der Waals surface area contributed by atoms with Crippen molar-refractivity contribution in [2.75, 3.05) is 20.8 Å². The molecule has 0 aromatic heterocycles. The molecule has 0 bridgehead atoms. The Balaban J connectivity index is 2.50. The van der Waals surface area contributed by atoms with E-state index < -0.39 is 34.6 Å². The first kappa shape index (κ1) is 19.8. The second-order valence-corrected chi connectivity index (χ2v) is 10.4. The van der Waals surface area contributed by atoms with Crippen molar-refractivity contribution in [3.63, 3.8) is 0 Å². The summed E-state index contributed by atoms with van der Waals surface area (Å²) in [7, 11) is -1.29. The van der Waals surface area contributed by atoms with E-state index in [1.54, 1.807) is 6.08 Å². The van der Waals surface area contributed by atoms with Crippen molar-refractivity contribution in [1.82, 2.24) is 4.90 Å². The summed E-state index contributed by atoms with van der Waals surface area (Å²) in [6.07, 6.45) is 1.09. The Kier molecular flexibility index (Phi) is 6.03. The van der Waals surface area contributed by atoms with Crippen LogP contribution in [0.2, 0.25) is 0 Å². The molecule has 23 heavy (non-hydrogen) atoms. The minimum absolute atomic E-state index is 0.126. The van der Waals surface area contributed by atoms with E-state index in [1.165, 1.54) is 19.1 Å². The van der Waals surface area contributed by atoms with Crippen LogP contribution in [-0.4, -0.2) is 57.7 Å². The van der Waals surface area contributed by atoms with Crippen molar-refractivity contribution in [3.05, 3.63) is 11.6 Å². The first-order valence-corrected chi connectivity index (χ1v) is 9.86. The molecule has 0 unspecified atom stereocenters. The van der Waals surface area contributed by atoms with Crippen molar-refractivity contribution in [2.24, 2.45) is 5.92 Å². The fourth-order valence-electron chi connectivity index (χ4n) is 2.97. The van der Waals surface area contributed by atoms with Crippen LogP contribution in [0.15, 0.2) is 11.6 Å². The number of fused-ring (bicyclic) bond motifs is 1. The van der Waals surface area contributed by atoms with Crippen LogP contribution >= 0.6 is 54.0 Å². The second-order valence-electron chi connectivity index (χ2n) is 5.34. The Hall–Kier alpha value is 0.480. The summed E-state index contributed by atoms with van der Waals surface area (Å²) in [5, 5.41) is 9.25. The molecule has 0 aromatic rings. The van der Waals surface area contributed by atoms with Crippen molar-refractivity contribution in [2.45, 2.75) is 27.5 Å². The van der Waals surface area contributed by atoms with Gasteiger partial charge in [0.15, 0.2) is 5.78 Å². The van der Waals surface area contributed by atoms with Crippen LogP contribution in [0.3, 0.4) is 0 Å². The van der Waals surface area contributed by atoms with Crippen molar-refractivity contribution >= 4 is 59.9 Å². The normalized spacial score (nSPS) is 31.8. The van der Waals surface area contributed by atoms with Crippen LogP contribution in [0.1, 0.15) is 6.42 Å². The summed E-state index contributed by atoms with van der Waals surface area (Å²) in [6.45, 7) is 0.126. The molecule has 2 rings (SSSR count). The number of alkyl halides is 4. The summed E-state index contributed by atoms with van der Waals surface area (Å²) >= 11 is 23.2. The quantitative estimate of drug-likeness (QED) is 0.426. The fraction of sp³-hybridized carbons (Fsp3) is 0.750. The molecule has 0 saturated carbocycles. The van der Waals surface area contributed by atoms with Gasteiger partial charge in [-0.2, -0.15) is 0 Å². The largest absolute Gasteiger partial charge is 0.391 e. The SMILES string of the molecule is COP(=O)(OC)[C@@H]1C2=C[C@@H](Cl)[C@H](O)C[C@@H]2CN1C(=O)C(Cl)(Cl)Cl. The van der Waals surface area contributed by atoms with Crippen LogP contribution in [0, 0.1) is 5.92 Å². The van der Waals surface area contributed by atoms with Gasteiger partial charge in [0.2, 0.25) is 0 Å². The molecule has 4 atom stereocenters. The van der Waals surface area contributed by atoms with Gasteiger partial charge in [-0.25, -0.2) is 0 Å². The number of likely N-dealkylation sites (tertiary alicyclic amines) is 1. The molecule has 11 heteroatoms. The minimum atomic E-state index is -3.72. The van der Waals surface area contributed by atoms with Crippen LogP contribution in [0.5, 0.6) is 0 Å². The molecule has 0 aromatic carbocycles. The standard InChI is InChI=1S/C12H16Cl4NO5P/c1-21-23(20,22-2)10-7-4-8(13)9(18)3-6(7)5-17(10)11(19)12(14,15)16/h4,6,8-10,18H,3,5H2,1-2H3/t6-,8-,9-,10-/m1/s1. The van der Waals surface area contributed by atoms with Crippen molar-refractivity contribution < 1.29 is 23.5 Å². The third-order valence-corrected chi connectivity index (χ3v) is 7.13. The number of amides is 1. The number of carbonyl (C=O) groups excluding carboxylic acids is 1. The minimum Gasteiger partial charge on any atom is -0.391 e. The number of hydrogen-bond acceptors (Lipinski definition) is 5. The summed E-state index contributed by atoms with van der Waals surface area (Å²) in [5.74, 6) is -2.14. The molecule has 1 aliphatic heterocycles. The molecule has 132 valence electrons. The third-order valence-electron chi connectivity index (χ3n) is 4.04. The van der Waals surface area contributed by atoms with Crippen LogP contribution in [-0.2, 0) is 18.4 Å². The third kappa shape index (κ3) is 3.70. The molecule has 0 spiro atoms. The van der Waals surface area contributed by atoms with E-state index in [2.05, 4.69) is 0 Å². The number of rotatable bonds is 3. The molecule has 1 saturated heterocycles. The maximum atomic E-state index is 12.9. The predicted octanol–water partition coefficient (Wildman–Crippen LogP) is 2.93. The summed E-state index contributed by atoms with van der Waals surface area (Å²) in [6, 6.07) is 0. The van der Waals surface area contributed by atoms with Gasteiger partial charge in [0.05, 0.1) is 11.5 Å². The Morgan fingerprint density at radius 2 is 1.96 bits per heavy atom. The zero-order chi connectivity index (χ0) is 17.6. The Morgan fingerprint density at radius 1 is 1.39 bits per heavy atom. The first-order valence-electron chi connectivity index (χ1n) is 6.68. The van der Waals surface area contributed by atoms with E-state index in [0.717, 1.165) is 0 Å². The van der Waals surface area contributed by atoms with E-state index in [9.17, 15) is 14.5 Å². The summed E-state index contributed by atoms with van der Waals surface area (Å²) < 4.78 is 20.8. The molecular formula is C12H16Cl4NO5P. The van der Waals surface area contributed by atoms with Crippen LogP contribution < -0.4 is 0 Å². The Labute approximate surface area is 154 Å². The number of hydrogen-bond donors (Lipinski definition) is 1. The molecule has 1 aliphatic carbocycles. The number of aliphatic hydroxyl groups excluding tert-OH is 1. The molecule has 0 radical (unpaired) electrons. The highest BCUT2D eigenvalue weighted by Gasteiger charge is 2.55. The maximum Gasteiger partial charge on any atom is 0.356 e. The highest BCUT2D eigenvalue weighted by Crippen LogP contribution is 2.60. The highest BCUT2D eigenvalue weighted by molar-refractivity contribution is 7.54. The number of carbonyl (C=O) groups is 1. The molecule has 1 fully saturated rings. The van der Waals surface area contributed by atoms with E-state index in [4.69, 9.17) is 55.5 Å². The van der Waals surface area contributed by atoms with Gasteiger partial charge in [0.1, 0.15) is 0 Å². The van der Waals surface area contributed by atoms with E-state index in [-0.39, 0.29) is 12.5 Å². The van der Waals surface area contributed by atoms with Gasteiger partial charge >= 0.3 is 7.60 Å². The smallest absolute Gasteiger partial charge is 0.356 e. The average Bonchev–Trinajstić information content (AvgIpc) is 2.84. The van der Waals surface area contributed by atoms with Crippen molar-refractivity contribution in [1.29, 1.82) is 0 Å². The molecule has 2 aliphatic rings. The molecule has 6 nitrogen and oxygen atoms in total. The van der Waals surface area contributed by atoms with Gasteiger partial charge in [0, 0.05) is 26.7 Å². The van der Waals surface area contributed by atoms with Gasteiger partial charge in [-0.3, -0.25) is 9.36 Å². The molecule has 1 amide bonds. The molecular weight excluding hydrogens is 411 g/mol. The Morgan fingerprint density at radius 3 is 2.43 bits per heavy atom. The van der Waals surface area contributed by atoms with Gasteiger partial charge in [-0.15, -0.1) is 11.6 Å². The van der Waals surface area contributed by atoms with Gasteiger partial charge in [0.25, 0.3) is 9.70 Å². The summed E-state index contributed by atoms with van der Waals surface area (Å²) in [4.78, 5) is 13.6. The number of halogens is 4. The van der Waals surface area contributed by atoms with Gasteiger partial charge in [-0.1, -0.05) is 40.9 Å². The zero-order valence-electron chi connectivity index (χ0n) is 12.3.